The van der Waals surface area contributed by atoms with Crippen LogP contribution in [0.2, 0.25) is 0 Å². The van der Waals surface area contributed by atoms with Crippen molar-refractivity contribution in [1.29, 1.82) is 0 Å². The van der Waals surface area contributed by atoms with Gasteiger partial charge in [0, 0.05) is 10.9 Å². The lowest BCUT2D eigenvalue weighted by atomic mass is 10.1. The molecule has 2 aromatic rings. The molecule has 1 heteroatoms. The normalized spacial score (nSPS) is 12.7. The van der Waals surface area contributed by atoms with E-state index in [1.165, 1.54) is 10.8 Å². The molecule has 1 radical (unpaired) electrons. The van der Waals surface area contributed by atoms with Crippen molar-refractivity contribution in [3.8, 4) is 0 Å². The van der Waals surface area contributed by atoms with Gasteiger partial charge in [-0.1, -0.05) is 30.3 Å². The molecule has 1 aliphatic heterocycles. The predicted molar refractivity (Wildman–Crippen MR) is 50.1 cm³/mol. The first-order valence-electron chi connectivity index (χ1n) is 3.94. The number of hydrogen-bond acceptors (Lipinski definition) is 1. The summed E-state index contributed by atoms with van der Waals surface area (Å²) in [5, 5.41) is 2.48. The van der Waals surface area contributed by atoms with E-state index in [1.54, 1.807) is 0 Å². The number of nitrogens with zero attached hydrogens (tertiary/aromatic N) is 1. The zero-order valence-corrected chi connectivity index (χ0v) is 6.41. The fourth-order valence-electron chi connectivity index (χ4n) is 1.63. The maximum absolute atomic E-state index is 4.19. The average Bonchev–Trinajstić information content (AvgIpc) is 2.52. The van der Waals surface area contributed by atoms with Crippen molar-refractivity contribution in [2.45, 2.75) is 0 Å². The summed E-state index contributed by atoms with van der Waals surface area (Å²) in [6.07, 6.45) is 3.00. The maximum Gasteiger partial charge on any atom is 0.0979 e. The molecule has 1 heterocycles. The molecule has 0 fully saturated rings. The molecular weight excluding hydrogens is 146 g/mol. The van der Waals surface area contributed by atoms with Gasteiger partial charge in [0.05, 0.1) is 11.9 Å². The minimum atomic E-state index is 1.04. The Labute approximate surface area is 70.4 Å². The smallest absolute Gasteiger partial charge is 0.0979 e. The largest absolute Gasteiger partial charge is 0.245 e. The summed E-state index contributed by atoms with van der Waals surface area (Å²) in [6, 6.07) is 12.3. The molecule has 2 aromatic carbocycles. The van der Waals surface area contributed by atoms with E-state index in [0.717, 1.165) is 11.3 Å². The van der Waals surface area contributed by atoms with E-state index in [-0.39, 0.29) is 0 Å². The van der Waals surface area contributed by atoms with Gasteiger partial charge in [0.25, 0.3) is 0 Å². The molecule has 55 valence electrons. The minimum Gasteiger partial charge on any atom is -0.245 e. The highest BCUT2D eigenvalue weighted by Gasteiger charge is 2.08. The van der Waals surface area contributed by atoms with Crippen LogP contribution in [0.1, 0.15) is 5.56 Å². The summed E-state index contributed by atoms with van der Waals surface area (Å²) in [6.45, 7) is 0. The molecule has 3 rings (SSSR count). The van der Waals surface area contributed by atoms with Gasteiger partial charge < -0.3 is 0 Å². The number of aliphatic imine (C=N–C) groups is 1. The van der Waals surface area contributed by atoms with Crippen LogP contribution in [-0.2, 0) is 0 Å². The monoisotopic (exact) mass is 152 g/mol. The minimum absolute atomic E-state index is 1.04. The van der Waals surface area contributed by atoms with Crippen molar-refractivity contribution < 1.29 is 0 Å². The first kappa shape index (κ1) is 5.95. The van der Waals surface area contributed by atoms with Gasteiger partial charge in [0.1, 0.15) is 0 Å². The average molecular weight is 152 g/mol. The van der Waals surface area contributed by atoms with Crippen molar-refractivity contribution in [1.82, 2.24) is 0 Å². The van der Waals surface area contributed by atoms with Gasteiger partial charge in [-0.2, -0.15) is 0 Å². The van der Waals surface area contributed by atoms with Gasteiger partial charge in [0.2, 0.25) is 0 Å². The van der Waals surface area contributed by atoms with Crippen LogP contribution in [0, 0.1) is 0 Å². The van der Waals surface area contributed by atoms with E-state index in [2.05, 4.69) is 23.3 Å². The third-order valence-electron chi connectivity index (χ3n) is 2.18. The van der Waals surface area contributed by atoms with Gasteiger partial charge in [-0.15, -0.1) is 0 Å². The van der Waals surface area contributed by atoms with E-state index < -0.39 is 0 Å². The zero-order chi connectivity index (χ0) is 7.97. The molecule has 0 aromatic heterocycles. The Morgan fingerprint density at radius 2 is 1.83 bits per heavy atom. The predicted octanol–water partition coefficient (Wildman–Crippen LogP) is 2.78. The highest BCUT2D eigenvalue weighted by Crippen LogP contribution is 2.32. The molecule has 0 bridgehead atoms. The second-order valence-electron chi connectivity index (χ2n) is 2.90. The molecule has 0 N–H and O–H groups in total. The Morgan fingerprint density at radius 3 is 2.75 bits per heavy atom. The fraction of sp³-hybridized carbons (Fsp3) is 0. The van der Waals surface area contributed by atoms with E-state index >= 15 is 0 Å². The second-order valence-corrected chi connectivity index (χ2v) is 2.90. The lowest BCUT2D eigenvalue weighted by Crippen LogP contribution is -1.76. The highest BCUT2D eigenvalue weighted by molar-refractivity contribution is 6.10. The Bertz CT molecular complexity index is 443. The summed E-state index contributed by atoms with van der Waals surface area (Å²) >= 11 is 0. The third-order valence-corrected chi connectivity index (χ3v) is 2.18. The zero-order valence-electron chi connectivity index (χ0n) is 6.41. The van der Waals surface area contributed by atoms with Gasteiger partial charge in [-0.05, 0) is 11.5 Å². The molecule has 1 aliphatic rings. The van der Waals surface area contributed by atoms with Crippen molar-refractivity contribution in [2.75, 3.05) is 0 Å². The van der Waals surface area contributed by atoms with E-state index in [0.29, 0.717) is 0 Å². The van der Waals surface area contributed by atoms with Crippen LogP contribution >= 0.6 is 0 Å². The fourth-order valence-corrected chi connectivity index (χ4v) is 1.63. The third kappa shape index (κ3) is 0.607. The van der Waals surface area contributed by atoms with E-state index in [4.69, 9.17) is 0 Å². The second kappa shape index (κ2) is 1.95. The molecule has 0 saturated heterocycles. The van der Waals surface area contributed by atoms with Crippen molar-refractivity contribution in [3.63, 3.8) is 0 Å². The molecule has 1 nitrogen and oxygen atoms in total. The topological polar surface area (TPSA) is 12.4 Å². The van der Waals surface area contributed by atoms with Crippen molar-refractivity contribution in [2.24, 2.45) is 4.99 Å². The SMILES string of the molecule is [C]1=Nc2cccc3cccc1c23. The molecule has 0 spiro atoms. The Morgan fingerprint density at radius 1 is 1.00 bits per heavy atom. The first-order valence-corrected chi connectivity index (χ1v) is 3.94. The molecule has 0 atom stereocenters. The van der Waals surface area contributed by atoms with Crippen molar-refractivity contribution in [3.05, 3.63) is 42.0 Å². The van der Waals surface area contributed by atoms with Gasteiger partial charge >= 0.3 is 0 Å². The van der Waals surface area contributed by atoms with Crippen LogP contribution < -0.4 is 0 Å². The van der Waals surface area contributed by atoms with Crippen LogP contribution in [0.25, 0.3) is 10.8 Å². The van der Waals surface area contributed by atoms with Crippen LogP contribution in [-0.4, -0.2) is 6.21 Å². The quantitative estimate of drug-likeness (QED) is 0.469. The summed E-state index contributed by atoms with van der Waals surface area (Å²) in [5.74, 6) is 0. The molecule has 0 saturated carbocycles. The summed E-state index contributed by atoms with van der Waals surface area (Å²) in [7, 11) is 0. The van der Waals surface area contributed by atoms with Crippen molar-refractivity contribution >= 4 is 22.7 Å². The summed E-state index contributed by atoms with van der Waals surface area (Å²) in [5.41, 5.74) is 2.16. The molecule has 0 aliphatic carbocycles. The lowest BCUT2D eigenvalue weighted by Gasteiger charge is -1.97. The molecule has 0 amide bonds. The Kier molecular flexibility index (Phi) is 0.965. The standard InChI is InChI=1S/C11H6N/c1-3-8-4-2-6-10-11(8)9(5-1)7-12-10/h1-6H. The van der Waals surface area contributed by atoms with Gasteiger partial charge in [-0.25, -0.2) is 4.99 Å². The summed E-state index contributed by atoms with van der Waals surface area (Å²) in [4.78, 5) is 4.19. The Balaban J connectivity index is 2.64. The number of hydrogen-bond donors (Lipinski definition) is 0. The first-order chi connectivity index (χ1) is 5.95. The maximum atomic E-state index is 4.19. The lowest BCUT2D eigenvalue weighted by molar-refractivity contribution is 1.63. The molecule has 12 heavy (non-hydrogen) atoms. The number of benzene rings is 2. The molecular formula is C11H6N. The molecule has 0 unspecified atom stereocenters. The highest BCUT2D eigenvalue weighted by atomic mass is 14.7. The van der Waals surface area contributed by atoms with Crippen LogP contribution in [0.15, 0.2) is 41.4 Å². The Hall–Kier alpha value is -1.63. The van der Waals surface area contributed by atoms with Gasteiger partial charge in [0.15, 0.2) is 0 Å². The van der Waals surface area contributed by atoms with Crippen LogP contribution in [0.4, 0.5) is 5.69 Å². The van der Waals surface area contributed by atoms with Gasteiger partial charge in [-0.3, -0.25) is 0 Å². The summed E-state index contributed by atoms with van der Waals surface area (Å²) < 4.78 is 0. The van der Waals surface area contributed by atoms with E-state index in [9.17, 15) is 0 Å². The van der Waals surface area contributed by atoms with Crippen LogP contribution in [0.3, 0.4) is 0 Å². The van der Waals surface area contributed by atoms with E-state index in [1.807, 2.05) is 24.3 Å². The number of rotatable bonds is 0. The van der Waals surface area contributed by atoms with Crippen LogP contribution in [0.5, 0.6) is 0 Å².